The number of hydrogen-bond donors (Lipinski definition) is 2. The summed E-state index contributed by atoms with van der Waals surface area (Å²) in [7, 11) is 0. The van der Waals surface area contributed by atoms with E-state index in [9.17, 15) is 19.2 Å². The van der Waals surface area contributed by atoms with Crippen LogP contribution in [0.5, 0.6) is 0 Å². The Morgan fingerprint density at radius 2 is 1.76 bits per heavy atom. The zero-order valence-corrected chi connectivity index (χ0v) is 19.9. The van der Waals surface area contributed by atoms with E-state index < -0.39 is 30.0 Å². The molecule has 0 bridgehead atoms. The summed E-state index contributed by atoms with van der Waals surface area (Å²) in [6, 6.07) is 10.6. The third-order valence-electron chi connectivity index (χ3n) is 5.43. The van der Waals surface area contributed by atoms with Crippen molar-refractivity contribution in [2.24, 2.45) is 0 Å². The number of anilines is 1. The number of amides is 4. The molecule has 2 aromatic rings. The Labute approximate surface area is 197 Å². The van der Waals surface area contributed by atoms with E-state index in [-0.39, 0.29) is 17.4 Å². The Hall–Kier alpha value is -3.20. The van der Waals surface area contributed by atoms with E-state index in [1.807, 2.05) is 44.2 Å². The SMILES string of the molecule is CCCC1(CCC)NC(=O)N(CC(=O)Nc2cc(-c3ccccc3)sc2C(=O)OCC)C1=O. The number of benzene rings is 1. The van der Waals surface area contributed by atoms with Crippen LogP contribution in [0.15, 0.2) is 36.4 Å². The molecule has 9 heteroatoms. The second kappa shape index (κ2) is 10.6. The lowest BCUT2D eigenvalue weighted by atomic mass is 9.88. The number of rotatable bonds is 10. The minimum absolute atomic E-state index is 0.199. The van der Waals surface area contributed by atoms with Gasteiger partial charge in [-0.3, -0.25) is 14.5 Å². The highest BCUT2D eigenvalue weighted by molar-refractivity contribution is 7.18. The van der Waals surface area contributed by atoms with Crippen molar-refractivity contribution in [3.63, 3.8) is 0 Å². The molecule has 2 heterocycles. The monoisotopic (exact) mass is 471 g/mol. The predicted molar refractivity (Wildman–Crippen MR) is 127 cm³/mol. The maximum Gasteiger partial charge on any atom is 0.350 e. The van der Waals surface area contributed by atoms with E-state index in [0.717, 1.165) is 28.2 Å². The molecule has 0 atom stereocenters. The van der Waals surface area contributed by atoms with Crippen molar-refractivity contribution in [3.05, 3.63) is 41.3 Å². The van der Waals surface area contributed by atoms with Gasteiger partial charge in [-0.05, 0) is 31.4 Å². The lowest BCUT2D eigenvalue weighted by Gasteiger charge is -2.25. The molecule has 1 aliphatic heterocycles. The third kappa shape index (κ3) is 5.24. The molecule has 3 rings (SSSR count). The van der Waals surface area contributed by atoms with Crippen molar-refractivity contribution in [2.45, 2.75) is 52.0 Å². The van der Waals surface area contributed by atoms with E-state index in [1.165, 1.54) is 11.3 Å². The van der Waals surface area contributed by atoms with Crippen LogP contribution in [-0.2, 0) is 14.3 Å². The van der Waals surface area contributed by atoms with E-state index in [4.69, 9.17) is 4.74 Å². The number of nitrogens with one attached hydrogen (secondary N) is 2. The zero-order chi connectivity index (χ0) is 24.0. The molecule has 1 aliphatic rings. The molecule has 1 aromatic carbocycles. The fourth-order valence-corrected chi connectivity index (χ4v) is 5.06. The lowest BCUT2D eigenvalue weighted by Crippen LogP contribution is -2.47. The standard InChI is InChI=1S/C24H29N3O5S/c1-4-12-24(13-5-2)22(30)27(23(31)26-24)15-19(28)25-17-14-18(16-10-8-7-9-11-16)33-20(17)21(29)32-6-3/h7-11,14H,4-6,12-13,15H2,1-3H3,(H,25,28)(H,26,31). The Balaban J connectivity index is 1.81. The fourth-order valence-electron chi connectivity index (χ4n) is 4.05. The van der Waals surface area contributed by atoms with Gasteiger partial charge in [-0.15, -0.1) is 11.3 Å². The smallest absolute Gasteiger partial charge is 0.350 e. The molecule has 1 saturated heterocycles. The summed E-state index contributed by atoms with van der Waals surface area (Å²) in [4.78, 5) is 52.9. The van der Waals surface area contributed by atoms with Crippen molar-refractivity contribution < 1.29 is 23.9 Å². The van der Waals surface area contributed by atoms with Crippen LogP contribution in [0.3, 0.4) is 0 Å². The van der Waals surface area contributed by atoms with Gasteiger partial charge in [-0.25, -0.2) is 9.59 Å². The van der Waals surface area contributed by atoms with Gasteiger partial charge in [-0.1, -0.05) is 57.0 Å². The van der Waals surface area contributed by atoms with E-state index in [0.29, 0.717) is 18.5 Å². The first-order valence-corrected chi connectivity index (χ1v) is 12.0. The molecule has 0 aliphatic carbocycles. The summed E-state index contributed by atoms with van der Waals surface area (Å²) in [5.74, 6) is -1.49. The molecule has 0 radical (unpaired) electrons. The summed E-state index contributed by atoms with van der Waals surface area (Å²) < 4.78 is 5.14. The molecule has 1 fully saturated rings. The van der Waals surface area contributed by atoms with Crippen LogP contribution in [0.2, 0.25) is 0 Å². The quantitative estimate of drug-likeness (QED) is 0.394. The Bertz CT molecular complexity index is 1030. The summed E-state index contributed by atoms with van der Waals surface area (Å²) >= 11 is 1.21. The topological polar surface area (TPSA) is 105 Å². The fraction of sp³-hybridized carbons (Fsp3) is 0.417. The number of urea groups is 1. The van der Waals surface area contributed by atoms with Crippen molar-refractivity contribution in [2.75, 3.05) is 18.5 Å². The van der Waals surface area contributed by atoms with Crippen LogP contribution >= 0.6 is 11.3 Å². The molecule has 33 heavy (non-hydrogen) atoms. The van der Waals surface area contributed by atoms with E-state index in [2.05, 4.69) is 10.6 Å². The average Bonchev–Trinajstić information content (AvgIpc) is 3.30. The highest BCUT2D eigenvalue weighted by Crippen LogP contribution is 2.35. The summed E-state index contributed by atoms with van der Waals surface area (Å²) in [5, 5.41) is 5.49. The van der Waals surface area contributed by atoms with Gasteiger partial charge in [0, 0.05) is 4.88 Å². The summed E-state index contributed by atoms with van der Waals surface area (Å²) in [6.07, 6.45) is 2.49. The van der Waals surface area contributed by atoms with Crippen LogP contribution < -0.4 is 10.6 Å². The van der Waals surface area contributed by atoms with Crippen molar-refractivity contribution in [3.8, 4) is 10.4 Å². The number of hydrogen-bond acceptors (Lipinski definition) is 6. The second-order valence-corrected chi connectivity index (χ2v) is 8.94. The molecule has 0 unspecified atom stereocenters. The number of carbonyl (C=O) groups is 4. The summed E-state index contributed by atoms with van der Waals surface area (Å²) in [6.45, 7) is 5.37. The van der Waals surface area contributed by atoms with Gasteiger partial charge in [0.15, 0.2) is 0 Å². The number of ether oxygens (including phenoxy) is 1. The Morgan fingerprint density at radius 3 is 2.36 bits per heavy atom. The van der Waals surface area contributed by atoms with Crippen molar-refractivity contribution >= 4 is 40.8 Å². The first-order chi connectivity index (χ1) is 15.8. The first-order valence-electron chi connectivity index (χ1n) is 11.2. The van der Waals surface area contributed by atoms with Crippen LogP contribution in [0.1, 0.15) is 56.1 Å². The molecule has 8 nitrogen and oxygen atoms in total. The summed E-state index contributed by atoms with van der Waals surface area (Å²) in [5.41, 5.74) is 0.231. The maximum absolute atomic E-state index is 13.0. The molecule has 0 spiro atoms. The van der Waals surface area contributed by atoms with Crippen LogP contribution in [-0.4, -0.2) is 47.4 Å². The zero-order valence-electron chi connectivity index (χ0n) is 19.1. The number of thiophene rings is 1. The largest absolute Gasteiger partial charge is 0.462 e. The van der Waals surface area contributed by atoms with Gasteiger partial charge in [0.05, 0.1) is 12.3 Å². The van der Waals surface area contributed by atoms with Crippen molar-refractivity contribution in [1.29, 1.82) is 0 Å². The number of carbonyl (C=O) groups excluding carboxylic acids is 4. The van der Waals surface area contributed by atoms with Crippen molar-refractivity contribution in [1.82, 2.24) is 10.2 Å². The number of nitrogens with zero attached hydrogens (tertiary/aromatic N) is 1. The van der Waals surface area contributed by atoms with Crippen LogP contribution in [0.4, 0.5) is 10.5 Å². The molecule has 0 saturated carbocycles. The Kier molecular flexibility index (Phi) is 7.86. The minimum atomic E-state index is -0.959. The molecular weight excluding hydrogens is 442 g/mol. The van der Waals surface area contributed by atoms with Crippen LogP contribution in [0.25, 0.3) is 10.4 Å². The molecular formula is C24H29N3O5S. The van der Waals surface area contributed by atoms with Gasteiger partial charge < -0.3 is 15.4 Å². The lowest BCUT2D eigenvalue weighted by molar-refractivity contribution is -0.134. The highest BCUT2D eigenvalue weighted by atomic mass is 32.1. The third-order valence-corrected chi connectivity index (χ3v) is 6.59. The molecule has 176 valence electrons. The van der Waals surface area contributed by atoms with Gasteiger partial charge >= 0.3 is 12.0 Å². The van der Waals surface area contributed by atoms with E-state index >= 15 is 0 Å². The molecule has 4 amide bonds. The normalized spacial score (nSPS) is 14.8. The molecule has 1 aromatic heterocycles. The predicted octanol–water partition coefficient (Wildman–Crippen LogP) is 4.42. The first kappa shape index (κ1) is 24.4. The average molecular weight is 472 g/mol. The van der Waals surface area contributed by atoms with Gasteiger partial charge in [0.25, 0.3) is 5.91 Å². The van der Waals surface area contributed by atoms with Gasteiger partial charge in [0.2, 0.25) is 5.91 Å². The maximum atomic E-state index is 13.0. The number of esters is 1. The van der Waals surface area contributed by atoms with Crippen LogP contribution in [0, 0.1) is 0 Å². The second-order valence-electron chi connectivity index (χ2n) is 7.89. The molecule has 2 N–H and O–H groups in total. The van der Waals surface area contributed by atoms with Gasteiger partial charge in [0.1, 0.15) is 17.0 Å². The minimum Gasteiger partial charge on any atom is -0.462 e. The van der Waals surface area contributed by atoms with Gasteiger partial charge in [-0.2, -0.15) is 0 Å². The number of imide groups is 1. The Morgan fingerprint density at radius 1 is 1.09 bits per heavy atom. The van der Waals surface area contributed by atoms with E-state index in [1.54, 1.807) is 13.0 Å². The highest BCUT2D eigenvalue weighted by Gasteiger charge is 2.50.